The van der Waals surface area contributed by atoms with Crippen molar-refractivity contribution in [2.75, 3.05) is 45.9 Å². The molecule has 0 aromatic carbocycles. The van der Waals surface area contributed by atoms with Crippen LogP contribution in [-0.4, -0.2) is 107 Å². The van der Waals surface area contributed by atoms with Gasteiger partial charge in [0, 0.05) is 45.7 Å². The van der Waals surface area contributed by atoms with Crippen molar-refractivity contribution in [3.63, 3.8) is 0 Å². The lowest BCUT2D eigenvalue weighted by atomic mass is 10.0. The number of carbonyl (C=O) groups is 4. The summed E-state index contributed by atoms with van der Waals surface area (Å²) in [7, 11) is 0. The van der Waals surface area contributed by atoms with E-state index in [1.54, 1.807) is 4.90 Å². The molecule has 0 aromatic rings. The summed E-state index contributed by atoms with van der Waals surface area (Å²) < 4.78 is 5.40. The highest BCUT2D eigenvalue weighted by Gasteiger charge is 2.47. The molecule has 5 amide bonds. The van der Waals surface area contributed by atoms with Gasteiger partial charge in [0.2, 0.25) is 5.91 Å². The van der Waals surface area contributed by atoms with E-state index in [-0.39, 0.29) is 30.5 Å². The Labute approximate surface area is 207 Å². The van der Waals surface area contributed by atoms with Crippen LogP contribution in [0.3, 0.4) is 0 Å². The zero-order chi connectivity index (χ0) is 25.6. The second-order valence-corrected chi connectivity index (χ2v) is 10.3. The van der Waals surface area contributed by atoms with Crippen LogP contribution in [0.4, 0.5) is 9.59 Å². The largest absolute Gasteiger partial charge is 0.444 e. The summed E-state index contributed by atoms with van der Waals surface area (Å²) in [6, 6.07) is -0.950. The van der Waals surface area contributed by atoms with Crippen molar-refractivity contribution in [3.8, 4) is 0 Å². The van der Waals surface area contributed by atoms with E-state index in [4.69, 9.17) is 9.57 Å². The Morgan fingerprint density at radius 2 is 1.77 bits per heavy atom. The highest BCUT2D eigenvalue weighted by molar-refractivity contribution is 5.90. The molecule has 3 saturated heterocycles. The van der Waals surface area contributed by atoms with Crippen LogP contribution in [-0.2, 0) is 19.2 Å². The smallest absolute Gasteiger partial charge is 0.410 e. The monoisotopic (exact) mass is 496 g/mol. The normalized spacial score (nSPS) is 22.9. The van der Waals surface area contributed by atoms with Crippen molar-refractivity contribution in [1.82, 2.24) is 30.6 Å². The van der Waals surface area contributed by atoms with Gasteiger partial charge in [-0.1, -0.05) is 13.3 Å². The first kappa shape index (κ1) is 27.0. The number of nitrogens with one attached hydrogen (secondary N) is 2. The average Bonchev–Trinajstić information content (AvgIpc) is 3.05. The van der Waals surface area contributed by atoms with E-state index in [1.165, 1.54) is 9.96 Å². The van der Waals surface area contributed by atoms with E-state index in [1.807, 2.05) is 20.8 Å². The van der Waals surface area contributed by atoms with Gasteiger partial charge in [-0.3, -0.25) is 30.2 Å². The van der Waals surface area contributed by atoms with Gasteiger partial charge < -0.3 is 14.5 Å². The summed E-state index contributed by atoms with van der Waals surface area (Å²) in [5, 5.41) is 1.41. The molecule has 0 aromatic heterocycles. The van der Waals surface area contributed by atoms with E-state index in [9.17, 15) is 19.2 Å². The molecule has 0 spiro atoms. The molecule has 198 valence electrons. The Morgan fingerprint density at radius 1 is 1.06 bits per heavy atom. The molecule has 12 heteroatoms. The Bertz CT molecular complexity index is 779. The second kappa shape index (κ2) is 11.9. The minimum Gasteiger partial charge on any atom is -0.444 e. The first-order chi connectivity index (χ1) is 16.6. The fourth-order valence-electron chi connectivity index (χ4n) is 4.40. The number of piperidine rings is 1. The summed E-state index contributed by atoms with van der Waals surface area (Å²) >= 11 is 0. The van der Waals surface area contributed by atoms with Gasteiger partial charge in [0.25, 0.3) is 5.91 Å². The van der Waals surface area contributed by atoms with E-state index in [0.29, 0.717) is 58.7 Å². The third kappa shape index (κ3) is 7.44. The molecule has 2 N–H and O–H groups in total. The molecule has 2 atom stereocenters. The van der Waals surface area contributed by atoms with Crippen molar-refractivity contribution in [2.24, 2.45) is 0 Å². The summed E-state index contributed by atoms with van der Waals surface area (Å²) in [5.41, 5.74) is 4.41. The zero-order valence-electron chi connectivity index (χ0n) is 21.4. The SMILES string of the molecule is CCCCON1C(=O)N2C[C@@H]1CC[C@H]2C(=O)NNC(=O)CCN1CCN(C(=O)OC(C)(C)C)CC1. The van der Waals surface area contributed by atoms with Crippen molar-refractivity contribution in [1.29, 1.82) is 0 Å². The van der Waals surface area contributed by atoms with Crippen LogP contribution in [0.15, 0.2) is 0 Å². The molecular formula is C23H40N6O6. The van der Waals surface area contributed by atoms with Gasteiger partial charge in [-0.25, -0.2) is 9.59 Å². The summed E-state index contributed by atoms with van der Waals surface area (Å²) in [5.74, 6) is -0.703. The van der Waals surface area contributed by atoms with Crippen LogP contribution in [0, 0.1) is 0 Å². The average molecular weight is 497 g/mol. The minimum absolute atomic E-state index is 0.0335. The van der Waals surface area contributed by atoms with Crippen LogP contribution in [0.5, 0.6) is 0 Å². The topological polar surface area (TPSA) is 124 Å². The fourth-order valence-corrected chi connectivity index (χ4v) is 4.40. The van der Waals surface area contributed by atoms with E-state index >= 15 is 0 Å². The second-order valence-electron chi connectivity index (χ2n) is 10.3. The van der Waals surface area contributed by atoms with Crippen molar-refractivity contribution in [3.05, 3.63) is 0 Å². The molecule has 3 aliphatic heterocycles. The fraction of sp³-hybridized carbons (Fsp3) is 0.826. The third-order valence-corrected chi connectivity index (χ3v) is 6.36. The number of carbonyl (C=O) groups excluding carboxylic acids is 4. The Morgan fingerprint density at radius 3 is 2.43 bits per heavy atom. The van der Waals surface area contributed by atoms with Gasteiger partial charge >= 0.3 is 12.1 Å². The molecule has 3 rings (SSSR count). The van der Waals surface area contributed by atoms with Gasteiger partial charge in [0.05, 0.1) is 12.6 Å². The van der Waals surface area contributed by atoms with Crippen LogP contribution in [0.2, 0.25) is 0 Å². The maximum absolute atomic E-state index is 12.7. The summed E-state index contributed by atoms with van der Waals surface area (Å²) in [6.07, 6.45) is 2.93. The van der Waals surface area contributed by atoms with Crippen LogP contribution >= 0.6 is 0 Å². The molecule has 35 heavy (non-hydrogen) atoms. The number of hydrazine groups is 1. The number of urea groups is 1. The highest BCUT2D eigenvalue weighted by atomic mass is 16.7. The number of unbranched alkanes of at least 4 members (excludes halogenated alkanes) is 1. The lowest BCUT2D eigenvalue weighted by Gasteiger charge is -2.35. The lowest BCUT2D eigenvalue weighted by Crippen LogP contribution is -2.54. The van der Waals surface area contributed by atoms with Crippen LogP contribution in [0.1, 0.15) is 59.8 Å². The number of hydrogen-bond acceptors (Lipinski definition) is 7. The molecule has 3 aliphatic rings. The lowest BCUT2D eigenvalue weighted by molar-refractivity contribution is -0.132. The number of rotatable bonds is 8. The Balaban J connectivity index is 1.34. The van der Waals surface area contributed by atoms with Crippen molar-refractivity contribution < 1.29 is 28.8 Å². The van der Waals surface area contributed by atoms with Gasteiger partial charge in [0.1, 0.15) is 11.6 Å². The van der Waals surface area contributed by atoms with Gasteiger partial charge in [-0.2, -0.15) is 5.06 Å². The maximum Gasteiger partial charge on any atom is 0.410 e. The molecule has 0 unspecified atom stereocenters. The minimum atomic E-state index is -0.625. The van der Waals surface area contributed by atoms with E-state index < -0.39 is 17.6 Å². The standard InChI is InChI=1S/C23H40N6O6/c1-5-6-15-34-29-17-7-8-18(28(16-17)21(29)32)20(31)25-24-19(30)9-10-26-11-13-27(14-12-26)22(33)35-23(2,3)4/h17-18H,5-16H2,1-4H3,(H,24,30)(H,25,31)/t17-,18-/m0/s1. The number of piperazine rings is 1. The van der Waals surface area contributed by atoms with E-state index in [2.05, 4.69) is 22.7 Å². The maximum atomic E-state index is 12.7. The number of hydrogen-bond donors (Lipinski definition) is 2. The van der Waals surface area contributed by atoms with Gasteiger partial charge in [-0.15, -0.1) is 0 Å². The number of hydroxylamine groups is 2. The predicted molar refractivity (Wildman–Crippen MR) is 127 cm³/mol. The van der Waals surface area contributed by atoms with Crippen LogP contribution < -0.4 is 10.9 Å². The number of amides is 5. The third-order valence-electron chi connectivity index (χ3n) is 6.36. The Hall–Kier alpha value is -2.60. The number of nitrogens with zero attached hydrogens (tertiary/aromatic N) is 4. The molecule has 0 radical (unpaired) electrons. The van der Waals surface area contributed by atoms with Gasteiger partial charge in [-0.05, 0) is 40.0 Å². The first-order valence-corrected chi connectivity index (χ1v) is 12.6. The number of ether oxygens (including phenoxy) is 1. The molecule has 3 heterocycles. The molecule has 0 saturated carbocycles. The Kier molecular flexibility index (Phi) is 9.17. The molecule has 0 aliphatic carbocycles. The zero-order valence-corrected chi connectivity index (χ0v) is 21.4. The molecule has 12 nitrogen and oxygen atoms in total. The highest BCUT2D eigenvalue weighted by Crippen LogP contribution is 2.30. The molecule has 2 bridgehead atoms. The molecular weight excluding hydrogens is 456 g/mol. The summed E-state index contributed by atoms with van der Waals surface area (Å²) in [6.45, 7) is 11.4. The van der Waals surface area contributed by atoms with Gasteiger partial charge in [0.15, 0.2) is 0 Å². The van der Waals surface area contributed by atoms with E-state index in [0.717, 1.165) is 12.8 Å². The first-order valence-electron chi connectivity index (χ1n) is 12.6. The van der Waals surface area contributed by atoms with Crippen molar-refractivity contribution in [2.45, 2.75) is 77.5 Å². The van der Waals surface area contributed by atoms with Crippen LogP contribution in [0.25, 0.3) is 0 Å². The number of fused-ring (bicyclic) bond motifs is 2. The predicted octanol–water partition coefficient (Wildman–Crippen LogP) is 1.08. The molecule has 3 fully saturated rings. The summed E-state index contributed by atoms with van der Waals surface area (Å²) in [4.78, 5) is 60.7. The quantitative estimate of drug-likeness (QED) is 0.381. The van der Waals surface area contributed by atoms with Crippen molar-refractivity contribution >= 4 is 23.9 Å².